The van der Waals surface area contributed by atoms with Gasteiger partial charge in [0, 0.05) is 17.0 Å². The zero-order valence-electron chi connectivity index (χ0n) is 22.4. The van der Waals surface area contributed by atoms with Crippen molar-refractivity contribution in [3.8, 4) is 22.6 Å². The molecule has 0 bridgehead atoms. The van der Waals surface area contributed by atoms with Gasteiger partial charge in [0.05, 0.1) is 13.7 Å². The summed E-state index contributed by atoms with van der Waals surface area (Å²) in [4.78, 5) is 25.8. The van der Waals surface area contributed by atoms with Gasteiger partial charge in [-0.2, -0.15) is 0 Å². The highest BCUT2D eigenvalue weighted by Gasteiger charge is 2.23. The Morgan fingerprint density at radius 2 is 1.74 bits per heavy atom. The second kappa shape index (κ2) is 12.9. The Hall–Kier alpha value is -4.36. The fraction of sp³-hybridized carbons (Fsp3) is 0.188. The number of hydrogen-bond donors (Lipinski definition) is 1. The number of esters is 1. The molecule has 1 heterocycles. The van der Waals surface area contributed by atoms with E-state index in [0.29, 0.717) is 28.7 Å². The lowest BCUT2D eigenvalue weighted by molar-refractivity contribution is -0.111. The number of thiophene rings is 1. The molecule has 0 saturated carbocycles. The molecule has 0 radical (unpaired) electrons. The minimum absolute atomic E-state index is 0.237. The molecule has 0 fully saturated rings. The molecule has 0 aliphatic rings. The molecule has 0 atom stereocenters. The maximum absolute atomic E-state index is 12.9. The molecule has 1 N–H and O–H groups in total. The van der Waals surface area contributed by atoms with Crippen molar-refractivity contribution in [1.29, 1.82) is 0 Å². The minimum Gasteiger partial charge on any atom is -0.493 e. The van der Waals surface area contributed by atoms with Crippen LogP contribution in [0, 0.1) is 13.8 Å². The highest BCUT2D eigenvalue weighted by atomic mass is 32.1. The lowest BCUT2D eigenvalue weighted by Gasteiger charge is -2.11. The minimum atomic E-state index is -0.469. The predicted octanol–water partition coefficient (Wildman–Crippen LogP) is 7.45. The van der Waals surface area contributed by atoms with E-state index in [-0.39, 0.29) is 12.5 Å². The standard InChI is InChI=1S/C32H31NO5S/c1-5-37-32(35)30-26(25-14-11-21(2)17-22(25)3)20-39-31(30)33-29(34)16-13-23-12-15-27(28(18-23)36-4)38-19-24-9-7-6-8-10-24/h6-18,20H,5,19H2,1-4H3,(H,33,34)/b16-13+. The summed E-state index contributed by atoms with van der Waals surface area (Å²) >= 11 is 1.30. The molecule has 4 aromatic rings. The van der Waals surface area contributed by atoms with E-state index in [0.717, 1.165) is 33.4 Å². The fourth-order valence-electron chi connectivity index (χ4n) is 4.14. The van der Waals surface area contributed by atoms with Gasteiger partial charge in [0.2, 0.25) is 5.91 Å². The Morgan fingerprint density at radius 3 is 2.46 bits per heavy atom. The monoisotopic (exact) mass is 541 g/mol. The summed E-state index contributed by atoms with van der Waals surface area (Å²) in [5, 5.41) is 5.18. The van der Waals surface area contributed by atoms with Crippen LogP contribution < -0.4 is 14.8 Å². The first-order valence-corrected chi connectivity index (χ1v) is 13.5. The van der Waals surface area contributed by atoms with Crippen LogP contribution in [0.15, 0.2) is 78.2 Å². The van der Waals surface area contributed by atoms with Crippen LogP contribution in [-0.2, 0) is 16.1 Å². The highest BCUT2D eigenvalue weighted by molar-refractivity contribution is 7.15. The van der Waals surface area contributed by atoms with E-state index in [4.69, 9.17) is 14.2 Å². The van der Waals surface area contributed by atoms with Gasteiger partial charge in [-0.25, -0.2) is 4.79 Å². The molecule has 0 unspecified atom stereocenters. The lowest BCUT2D eigenvalue weighted by Crippen LogP contribution is -2.12. The van der Waals surface area contributed by atoms with Gasteiger partial charge in [0.15, 0.2) is 11.5 Å². The summed E-state index contributed by atoms with van der Waals surface area (Å²) in [6.45, 7) is 6.44. The Labute approximate surface area is 232 Å². The van der Waals surface area contributed by atoms with E-state index in [2.05, 4.69) is 11.4 Å². The molecule has 0 saturated heterocycles. The first kappa shape index (κ1) is 27.7. The summed E-state index contributed by atoms with van der Waals surface area (Å²) in [6.07, 6.45) is 3.10. The van der Waals surface area contributed by atoms with Gasteiger partial charge >= 0.3 is 5.97 Å². The molecule has 200 valence electrons. The number of anilines is 1. The van der Waals surface area contributed by atoms with E-state index < -0.39 is 5.97 Å². The van der Waals surface area contributed by atoms with E-state index in [1.807, 2.05) is 73.8 Å². The van der Waals surface area contributed by atoms with Crippen LogP contribution in [0.2, 0.25) is 0 Å². The van der Waals surface area contributed by atoms with Crippen molar-refractivity contribution < 1.29 is 23.8 Å². The van der Waals surface area contributed by atoms with Crippen molar-refractivity contribution in [3.05, 3.63) is 106 Å². The molecule has 4 rings (SSSR count). The van der Waals surface area contributed by atoms with Crippen LogP contribution >= 0.6 is 11.3 Å². The van der Waals surface area contributed by atoms with Crippen LogP contribution in [0.1, 0.15) is 39.5 Å². The molecular formula is C32H31NO5S. The summed E-state index contributed by atoms with van der Waals surface area (Å²) in [6, 6.07) is 21.4. The number of aryl methyl sites for hydroxylation is 2. The molecule has 3 aromatic carbocycles. The largest absolute Gasteiger partial charge is 0.493 e. The van der Waals surface area contributed by atoms with Gasteiger partial charge in [-0.15, -0.1) is 11.3 Å². The lowest BCUT2D eigenvalue weighted by atomic mass is 9.97. The molecule has 0 aliphatic carbocycles. The fourth-order valence-corrected chi connectivity index (χ4v) is 5.09. The molecular weight excluding hydrogens is 510 g/mol. The van der Waals surface area contributed by atoms with Gasteiger partial charge in [0.25, 0.3) is 0 Å². The van der Waals surface area contributed by atoms with Gasteiger partial charge in [-0.05, 0) is 61.2 Å². The van der Waals surface area contributed by atoms with E-state index in [9.17, 15) is 9.59 Å². The van der Waals surface area contributed by atoms with Crippen LogP contribution in [0.4, 0.5) is 5.00 Å². The summed E-state index contributed by atoms with van der Waals surface area (Å²) in [7, 11) is 1.58. The van der Waals surface area contributed by atoms with Crippen LogP contribution in [-0.4, -0.2) is 25.6 Å². The van der Waals surface area contributed by atoms with Crippen molar-refractivity contribution in [2.75, 3.05) is 19.0 Å². The molecule has 6 nitrogen and oxygen atoms in total. The number of amides is 1. The van der Waals surface area contributed by atoms with Crippen LogP contribution in [0.5, 0.6) is 11.5 Å². The number of hydrogen-bond acceptors (Lipinski definition) is 6. The van der Waals surface area contributed by atoms with Gasteiger partial charge < -0.3 is 19.5 Å². The first-order valence-electron chi connectivity index (χ1n) is 12.6. The second-order valence-electron chi connectivity index (χ2n) is 8.90. The molecule has 0 spiro atoms. The van der Waals surface area contributed by atoms with Gasteiger partial charge in [0.1, 0.15) is 17.2 Å². The molecule has 0 aliphatic heterocycles. The van der Waals surface area contributed by atoms with E-state index >= 15 is 0 Å². The van der Waals surface area contributed by atoms with E-state index in [1.165, 1.54) is 17.4 Å². The first-order chi connectivity index (χ1) is 18.9. The Balaban J connectivity index is 1.50. The topological polar surface area (TPSA) is 73.9 Å². The average molecular weight is 542 g/mol. The van der Waals surface area contributed by atoms with Crippen molar-refractivity contribution in [2.45, 2.75) is 27.4 Å². The predicted molar refractivity (Wildman–Crippen MR) is 157 cm³/mol. The quantitative estimate of drug-likeness (QED) is 0.167. The Morgan fingerprint density at radius 1 is 0.949 bits per heavy atom. The van der Waals surface area contributed by atoms with Gasteiger partial charge in [-0.3, -0.25) is 4.79 Å². The van der Waals surface area contributed by atoms with E-state index in [1.54, 1.807) is 26.2 Å². The summed E-state index contributed by atoms with van der Waals surface area (Å²) in [5.41, 5.74) is 6.02. The Bertz CT molecular complexity index is 1490. The highest BCUT2D eigenvalue weighted by Crippen LogP contribution is 2.38. The third-order valence-electron chi connectivity index (χ3n) is 6.03. The number of carbonyl (C=O) groups is 2. The van der Waals surface area contributed by atoms with Crippen molar-refractivity contribution in [3.63, 3.8) is 0 Å². The van der Waals surface area contributed by atoms with Crippen molar-refractivity contribution >= 4 is 34.3 Å². The van der Waals surface area contributed by atoms with Crippen LogP contribution in [0.25, 0.3) is 17.2 Å². The third kappa shape index (κ3) is 6.94. The van der Waals surface area contributed by atoms with Crippen molar-refractivity contribution in [2.24, 2.45) is 0 Å². The second-order valence-corrected chi connectivity index (χ2v) is 9.78. The number of carbonyl (C=O) groups excluding carboxylic acids is 2. The average Bonchev–Trinajstić information content (AvgIpc) is 3.34. The smallest absolute Gasteiger partial charge is 0.341 e. The normalized spacial score (nSPS) is 10.9. The summed E-state index contributed by atoms with van der Waals surface area (Å²) < 4.78 is 16.7. The van der Waals surface area contributed by atoms with Crippen molar-refractivity contribution in [1.82, 2.24) is 0 Å². The number of nitrogens with one attached hydrogen (secondary N) is 1. The summed E-state index contributed by atoms with van der Waals surface area (Å²) in [5.74, 6) is 0.343. The Kier molecular flexibility index (Phi) is 9.18. The molecule has 1 amide bonds. The number of methoxy groups -OCH3 is 1. The molecule has 39 heavy (non-hydrogen) atoms. The maximum atomic E-state index is 12.9. The molecule has 7 heteroatoms. The number of benzene rings is 3. The SMILES string of the molecule is CCOC(=O)c1c(-c2ccc(C)cc2C)csc1NC(=O)/C=C/c1ccc(OCc2ccccc2)c(OC)c1. The molecule has 1 aromatic heterocycles. The maximum Gasteiger partial charge on any atom is 0.341 e. The van der Waals surface area contributed by atoms with Crippen LogP contribution in [0.3, 0.4) is 0 Å². The zero-order valence-corrected chi connectivity index (χ0v) is 23.3. The number of ether oxygens (including phenoxy) is 3. The number of rotatable bonds is 10. The van der Waals surface area contributed by atoms with Gasteiger partial charge in [-0.1, -0.05) is 60.2 Å². The zero-order chi connectivity index (χ0) is 27.8. The third-order valence-corrected chi connectivity index (χ3v) is 6.93.